The third-order valence-electron chi connectivity index (χ3n) is 2.36. The molecule has 0 unspecified atom stereocenters. The van der Waals surface area contributed by atoms with Gasteiger partial charge in [-0.2, -0.15) is 0 Å². The summed E-state index contributed by atoms with van der Waals surface area (Å²) >= 11 is 0. The maximum absolute atomic E-state index is 8.52. The molecule has 0 rings (SSSR count). The molecule has 0 amide bonds. The molecule has 0 heterocycles. The minimum Gasteiger partial charge on any atom is -0.411 e. The highest BCUT2D eigenvalue weighted by molar-refractivity contribution is 6.40. The summed E-state index contributed by atoms with van der Waals surface area (Å²) in [4.78, 5) is 8.47. The van der Waals surface area contributed by atoms with E-state index in [9.17, 15) is 0 Å². The van der Waals surface area contributed by atoms with Crippen molar-refractivity contribution in [1.29, 1.82) is 0 Å². The number of oxime groups is 2. The zero-order valence-electron chi connectivity index (χ0n) is 10.8. The van der Waals surface area contributed by atoms with Crippen LogP contribution in [0, 0.1) is 0 Å². The summed E-state index contributed by atoms with van der Waals surface area (Å²) in [5.41, 5.74) is 2.49. The lowest BCUT2D eigenvalue weighted by molar-refractivity contribution is 0.319. The van der Waals surface area contributed by atoms with Crippen LogP contribution in [0.2, 0.25) is 0 Å². The molecule has 0 saturated heterocycles. The van der Waals surface area contributed by atoms with Gasteiger partial charge in [-0.1, -0.05) is 10.3 Å². The van der Waals surface area contributed by atoms with Crippen molar-refractivity contribution in [1.82, 2.24) is 0 Å². The molecule has 0 saturated carbocycles. The van der Waals surface area contributed by atoms with Gasteiger partial charge in [0.1, 0.15) is 0 Å². The van der Waals surface area contributed by atoms with E-state index in [1.807, 2.05) is 0 Å². The van der Waals surface area contributed by atoms with Crippen molar-refractivity contribution < 1.29 is 10.4 Å². The van der Waals surface area contributed by atoms with E-state index in [0.29, 0.717) is 24.5 Å². The molecular formula is C11H20N4O2. The first-order valence-corrected chi connectivity index (χ1v) is 5.43. The Balaban J connectivity index is 4.03. The van der Waals surface area contributed by atoms with E-state index < -0.39 is 0 Å². The van der Waals surface area contributed by atoms with Gasteiger partial charge in [-0.25, -0.2) is 0 Å². The largest absolute Gasteiger partial charge is 0.411 e. The summed E-state index contributed by atoms with van der Waals surface area (Å²) in [7, 11) is 0. The highest BCUT2D eigenvalue weighted by Gasteiger charge is 1.97. The van der Waals surface area contributed by atoms with Crippen molar-refractivity contribution in [2.45, 2.75) is 34.1 Å². The van der Waals surface area contributed by atoms with Crippen LogP contribution >= 0.6 is 0 Å². The fourth-order valence-electron chi connectivity index (χ4n) is 0.938. The van der Waals surface area contributed by atoms with Crippen LogP contribution in [0.25, 0.3) is 0 Å². The predicted octanol–water partition coefficient (Wildman–Crippen LogP) is 2.00. The molecule has 0 aromatic carbocycles. The predicted molar refractivity (Wildman–Crippen MR) is 70.4 cm³/mol. The molecule has 0 bridgehead atoms. The molecule has 0 fully saturated rings. The first-order chi connectivity index (χ1) is 8.02. The SMILES string of the molecule is CC(=NO)C(C)=NCCCN=C(C)C(C)=NO. The van der Waals surface area contributed by atoms with Crippen LogP contribution in [0.15, 0.2) is 20.3 Å². The van der Waals surface area contributed by atoms with Crippen molar-refractivity contribution in [3.63, 3.8) is 0 Å². The molecule has 0 aliphatic carbocycles. The molecule has 96 valence electrons. The van der Waals surface area contributed by atoms with Gasteiger partial charge in [0.05, 0.1) is 22.8 Å². The summed E-state index contributed by atoms with van der Waals surface area (Å²) in [5.74, 6) is 0. The zero-order valence-corrected chi connectivity index (χ0v) is 10.8. The van der Waals surface area contributed by atoms with Gasteiger partial charge in [-0.3, -0.25) is 9.98 Å². The van der Waals surface area contributed by atoms with Crippen LogP contribution < -0.4 is 0 Å². The molecule has 2 N–H and O–H groups in total. The third kappa shape index (κ3) is 6.44. The van der Waals surface area contributed by atoms with Crippen LogP contribution in [0.3, 0.4) is 0 Å². The van der Waals surface area contributed by atoms with Crippen LogP contribution in [-0.4, -0.2) is 46.4 Å². The minimum absolute atomic E-state index is 0.521. The Morgan fingerprint density at radius 1 is 0.706 bits per heavy atom. The summed E-state index contributed by atoms with van der Waals surface area (Å²) in [5, 5.41) is 23.2. The van der Waals surface area contributed by atoms with E-state index >= 15 is 0 Å². The molecule has 0 aliphatic heterocycles. The van der Waals surface area contributed by atoms with Crippen molar-refractivity contribution in [2.75, 3.05) is 13.1 Å². The third-order valence-corrected chi connectivity index (χ3v) is 2.36. The van der Waals surface area contributed by atoms with Gasteiger partial charge in [0.2, 0.25) is 0 Å². The zero-order chi connectivity index (χ0) is 13.3. The van der Waals surface area contributed by atoms with E-state index in [0.717, 1.165) is 17.8 Å². The topological polar surface area (TPSA) is 89.9 Å². The van der Waals surface area contributed by atoms with Crippen LogP contribution in [-0.2, 0) is 0 Å². The van der Waals surface area contributed by atoms with Gasteiger partial charge in [0, 0.05) is 13.1 Å². The molecule has 6 nitrogen and oxygen atoms in total. The fraction of sp³-hybridized carbons (Fsp3) is 0.636. The first-order valence-electron chi connectivity index (χ1n) is 5.43. The van der Waals surface area contributed by atoms with Crippen molar-refractivity contribution >= 4 is 22.8 Å². The van der Waals surface area contributed by atoms with Gasteiger partial charge < -0.3 is 10.4 Å². The summed E-state index contributed by atoms with van der Waals surface area (Å²) in [6, 6.07) is 0. The highest BCUT2D eigenvalue weighted by atomic mass is 16.4. The van der Waals surface area contributed by atoms with Crippen molar-refractivity contribution in [3.05, 3.63) is 0 Å². The molecule has 17 heavy (non-hydrogen) atoms. The molecular weight excluding hydrogens is 220 g/mol. The molecule has 0 radical (unpaired) electrons. The molecule has 0 spiro atoms. The van der Waals surface area contributed by atoms with E-state index in [4.69, 9.17) is 10.4 Å². The lowest BCUT2D eigenvalue weighted by Crippen LogP contribution is -2.08. The van der Waals surface area contributed by atoms with Gasteiger partial charge in [-0.15, -0.1) is 0 Å². The average molecular weight is 240 g/mol. The van der Waals surface area contributed by atoms with Crippen LogP contribution in [0.1, 0.15) is 34.1 Å². The average Bonchev–Trinajstić information content (AvgIpc) is 2.35. The van der Waals surface area contributed by atoms with E-state index in [1.54, 1.807) is 27.7 Å². The Kier molecular flexibility index (Phi) is 7.58. The maximum Gasteiger partial charge on any atom is 0.0971 e. The number of hydrogen-bond donors (Lipinski definition) is 2. The number of nitrogens with zero attached hydrogens (tertiary/aromatic N) is 4. The summed E-state index contributed by atoms with van der Waals surface area (Å²) < 4.78 is 0. The minimum atomic E-state index is 0.521. The van der Waals surface area contributed by atoms with Gasteiger partial charge in [-0.05, 0) is 34.1 Å². The standard InChI is InChI=1S/C11H20N4O2/c1-8(10(3)14-16)12-6-5-7-13-9(2)11(4)15-17/h16-17H,5-7H2,1-4H3. The van der Waals surface area contributed by atoms with E-state index in [2.05, 4.69) is 20.3 Å². The monoisotopic (exact) mass is 240 g/mol. The number of rotatable bonds is 6. The second kappa shape index (κ2) is 8.43. The van der Waals surface area contributed by atoms with Crippen molar-refractivity contribution in [3.8, 4) is 0 Å². The Morgan fingerprint density at radius 3 is 1.35 bits per heavy atom. The van der Waals surface area contributed by atoms with E-state index in [-0.39, 0.29) is 0 Å². The Hall–Kier alpha value is -1.72. The Labute approximate surface area is 101 Å². The van der Waals surface area contributed by atoms with Crippen LogP contribution in [0.5, 0.6) is 0 Å². The number of aliphatic imine (C=N–C) groups is 2. The normalized spacial score (nSPS) is 15.3. The molecule has 0 aromatic heterocycles. The number of hydrogen-bond acceptors (Lipinski definition) is 6. The molecule has 0 aromatic rings. The maximum atomic E-state index is 8.52. The Bertz CT molecular complexity index is 322. The Morgan fingerprint density at radius 2 is 1.06 bits per heavy atom. The van der Waals surface area contributed by atoms with Crippen molar-refractivity contribution in [2.24, 2.45) is 20.3 Å². The van der Waals surface area contributed by atoms with E-state index in [1.165, 1.54) is 0 Å². The fourth-order valence-corrected chi connectivity index (χ4v) is 0.938. The quantitative estimate of drug-likeness (QED) is 0.322. The molecule has 6 heteroatoms. The van der Waals surface area contributed by atoms with Crippen LogP contribution in [0.4, 0.5) is 0 Å². The molecule has 0 aliphatic rings. The van der Waals surface area contributed by atoms with Gasteiger partial charge >= 0.3 is 0 Å². The second-order valence-corrected chi connectivity index (χ2v) is 3.66. The molecule has 0 atom stereocenters. The van der Waals surface area contributed by atoms with Gasteiger partial charge in [0.25, 0.3) is 0 Å². The van der Waals surface area contributed by atoms with Gasteiger partial charge in [0.15, 0.2) is 0 Å². The lowest BCUT2D eigenvalue weighted by Gasteiger charge is -1.99. The highest BCUT2D eigenvalue weighted by Crippen LogP contribution is 1.90. The first kappa shape index (κ1) is 15.3. The summed E-state index contributed by atoms with van der Waals surface area (Å²) in [6.45, 7) is 8.25. The second-order valence-electron chi connectivity index (χ2n) is 3.66. The lowest BCUT2D eigenvalue weighted by atomic mass is 10.3. The smallest absolute Gasteiger partial charge is 0.0971 e. The summed E-state index contributed by atoms with van der Waals surface area (Å²) in [6.07, 6.45) is 0.798.